The lowest BCUT2D eigenvalue weighted by molar-refractivity contribution is -0.147. The molecule has 100 valence electrons. The fourth-order valence-corrected chi connectivity index (χ4v) is 2.32. The van der Waals surface area contributed by atoms with Gasteiger partial charge in [0.1, 0.15) is 6.04 Å². The van der Waals surface area contributed by atoms with Crippen LogP contribution in [0.25, 0.3) is 0 Å². The van der Waals surface area contributed by atoms with Crippen LogP contribution in [0, 0.1) is 5.92 Å². The summed E-state index contributed by atoms with van der Waals surface area (Å²) >= 11 is 0. The fraction of sp³-hybridized carbons (Fsp3) is 0.917. The van der Waals surface area contributed by atoms with Gasteiger partial charge in [0.2, 0.25) is 0 Å². The van der Waals surface area contributed by atoms with Crippen LogP contribution >= 0.6 is 0 Å². The molecule has 0 aliphatic carbocycles. The second kappa shape index (κ2) is 6.93. The summed E-state index contributed by atoms with van der Waals surface area (Å²) in [6.45, 7) is 9.41. The Bertz CT molecular complexity index is 240. The van der Waals surface area contributed by atoms with Crippen molar-refractivity contribution in [2.24, 2.45) is 11.7 Å². The maximum absolute atomic E-state index is 11.7. The molecule has 2 N–H and O–H groups in total. The quantitative estimate of drug-likeness (QED) is 0.702. The van der Waals surface area contributed by atoms with E-state index in [2.05, 4.69) is 18.7 Å². The van der Waals surface area contributed by atoms with Crippen LogP contribution in [0.1, 0.15) is 20.8 Å². The lowest BCUT2D eigenvalue weighted by Gasteiger charge is -2.39. The number of ether oxygens (including phenoxy) is 2. The number of hydrogen-bond donors (Lipinski definition) is 1. The maximum atomic E-state index is 11.7. The van der Waals surface area contributed by atoms with Gasteiger partial charge < -0.3 is 15.2 Å². The fourth-order valence-electron chi connectivity index (χ4n) is 2.32. The topological polar surface area (TPSA) is 64.8 Å². The molecule has 1 heterocycles. The first-order valence-electron chi connectivity index (χ1n) is 6.32. The molecule has 0 aromatic rings. The molecule has 0 aromatic heterocycles. The molecule has 5 nitrogen and oxygen atoms in total. The van der Waals surface area contributed by atoms with E-state index in [1.165, 1.54) is 0 Å². The van der Waals surface area contributed by atoms with Crippen LogP contribution in [0.5, 0.6) is 0 Å². The number of carbonyl (C=O) groups excluding carboxylic acids is 1. The molecule has 1 rings (SSSR count). The largest absolute Gasteiger partial charge is 0.465 e. The van der Waals surface area contributed by atoms with Crippen molar-refractivity contribution in [1.82, 2.24) is 4.90 Å². The monoisotopic (exact) mass is 244 g/mol. The normalized spacial score (nSPS) is 21.2. The highest BCUT2D eigenvalue weighted by Crippen LogP contribution is 2.16. The first-order chi connectivity index (χ1) is 8.07. The molecule has 0 amide bonds. The predicted molar refractivity (Wildman–Crippen MR) is 65.6 cm³/mol. The Morgan fingerprint density at radius 2 is 2.00 bits per heavy atom. The smallest absolute Gasteiger partial charge is 0.324 e. The highest BCUT2D eigenvalue weighted by molar-refractivity contribution is 5.76. The molecule has 0 aromatic carbocycles. The summed E-state index contributed by atoms with van der Waals surface area (Å²) in [6.07, 6.45) is 0. The zero-order valence-electron chi connectivity index (χ0n) is 11.0. The number of hydrogen-bond acceptors (Lipinski definition) is 5. The minimum atomic E-state index is -0.576. The van der Waals surface area contributed by atoms with Crippen molar-refractivity contribution >= 4 is 5.97 Å². The van der Waals surface area contributed by atoms with Crippen LogP contribution in [0.3, 0.4) is 0 Å². The standard InChI is InChI=1S/C12H24N2O3/c1-4-17-12(15)10(13)11(9(2)3)14-5-7-16-8-6-14/h9-11H,4-8,13H2,1-3H3/t10-,11-/m0/s1. The van der Waals surface area contributed by atoms with E-state index in [0.717, 1.165) is 13.1 Å². The molecule has 2 atom stereocenters. The zero-order valence-corrected chi connectivity index (χ0v) is 11.0. The Hall–Kier alpha value is -0.650. The van der Waals surface area contributed by atoms with Gasteiger partial charge in [-0.2, -0.15) is 0 Å². The van der Waals surface area contributed by atoms with Gasteiger partial charge in [-0.3, -0.25) is 9.69 Å². The highest BCUT2D eigenvalue weighted by atomic mass is 16.5. The molecule has 1 aliphatic rings. The van der Waals surface area contributed by atoms with Crippen molar-refractivity contribution in [3.63, 3.8) is 0 Å². The van der Waals surface area contributed by atoms with Crippen LogP contribution < -0.4 is 5.73 Å². The summed E-state index contributed by atoms with van der Waals surface area (Å²) in [4.78, 5) is 14.0. The molecular weight excluding hydrogens is 220 g/mol. The first-order valence-corrected chi connectivity index (χ1v) is 6.32. The molecule has 0 spiro atoms. The Labute approximate surface area is 103 Å². The summed E-state index contributed by atoms with van der Waals surface area (Å²) in [5.74, 6) is 0.00481. The third-order valence-electron chi connectivity index (χ3n) is 3.08. The summed E-state index contributed by atoms with van der Waals surface area (Å²) in [5.41, 5.74) is 6.02. The number of nitrogens with zero attached hydrogens (tertiary/aromatic N) is 1. The van der Waals surface area contributed by atoms with Gasteiger partial charge in [-0.15, -0.1) is 0 Å². The van der Waals surface area contributed by atoms with E-state index in [4.69, 9.17) is 15.2 Å². The molecular formula is C12H24N2O3. The molecule has 1 fully saturated rings. The van der Waals surface area contributed by atoms with Crippen LogP contribution in [-0.4, -0.2) is 55.9 Å². The van der Waals surface area contributed by atoms with E-state index in [1.54, 1.807) is 6.92 Å². The SMILES string of the molecule is CCOC(=O)[C@@H](N)[C@H](C(C)C)N1CCOCC1. The van der Waals surface area contributed by atoms with Gasteiger partial charge in [-0.1, -0.05) is 13.8 Å². The molecule has 0 unspecified atom stereocenters. The van der Waals surface area contributed by atoms with Crippen LogP contribution in [0.4, 0.5) is 0 Å². The van der Waals surface area contributed by atoms with Crippen molar-refractivity contribution in [2.45, 2.75) is 32.9 Å². The van der Waals surface area contributed by atoms with Gasteiger partial charge in [0.05, 0.1) is 19.8 Å². The van der Waals surface area contributed by atoms with Crippen molar-refractivity contribution in [3.05, 3.63) is 0 Å². The first kappa shape index (κ1) is 14.4. The Morgan fingerprint density at radius 1 is 1.41 bits per heavy atom. The molecule has 17 heavy (non-hydrogen) atoms. The van der Waals surface area contributed by atoms with Crippen LogP contribution in [0.2, 0.25) is 0 Å². The summed E-state index contributed by atoms with van der Waals surface area (Å²) in [6, 6.07) is -0.550. The van der Waals surface area contributed by atoms with E-state index in [0.29, 0.717) is 25.7 Å². The molecule has 0 radical (unpaired) electrons. The molecule has 1 saturated heterocycles. The minimum Gasteiger partial charge on any atom is -0.465 e. The van der Waals surface area contributed by atoms with E-state index in [9.17, 15) is 4.79 Å². The van der Waals surface area contributed by atoms with Gasteiger partial charge >= 0.3 is 5.97 Å². The van der Waals surface area contributed by atoms with Crippen molar-refractivity contribution in [3.8, 4) is 0 Å². The lowest BCUT2D eigenvalue weighted by Crippen LogP contribution is -2.57. The lowest BCUT2D eigenvalue weighted by atomic mass is 9.95. The molecule has 0 bridgehead atoms. The Kier molecular flexibility index (Phi) is 5.88. The van der Waals surface area contributed by atoms with E-state index < -0.39 is 6.04 Å². The van der Waals surface area contributed by atoms with E-state index >= 15 is 0 Å². The Morgan fingerprint density at radius 3 is 2.47 bits per heavy atom. The van der Waals surface area contributed by atoms with Crippen molar-refractivity contribution < 1.29 is 14.3 Å². The summed E-state index contributed by atoms with van der Waals surface area (Å²) in [5, 5.41) is 0. The molecule has 0 saturated carbocycles. The average molecular weight is 244 g/mol. The van der Waals surface area contributed by atoms with Gasteiger partial charge in [0.15, 0.2) is 0 Å². The third kappa shape index (κ3) is 3.94. The zero-order chi connectivity index (χ0) is 12.8. The van der Waals surface area contributed by atoms with Crippen LogP contribution in [-0.2, 0) is 14.3 Å². The van der Waals surface area contributed by atoms with E-state index in [1.807, 2.05) is 0 Å². The number of rotatable bonds is 5. The number of esters is 1. The Balaban J connectivity index is 2.66. The second-order valence-electron chi connectivity index (χ2n) is 4.66. The van der Waals surface area contributed by atoms with E-state index in [-0.39, 0.29) is 12.0 Å². The second-order valence-corrected chi connectivity index (χ2v) is 4.66. The van der Waals surface area contributed by atoms with Crippen molar-refractivity contribution in [2.75, 3.05) is 32.9 Å². The third-order valence-corrected chi connectivity index (χ3v) is 3.08. The van der Waals surface area contributed by atoms with Gasteiger partial charge in [-0.25, -0.2) is 0 Å². The predicted octanol–water partition coefficient (Wildman–Crippen LogP) is 0.234. The number of nitrogens with two attached hydrogens (primary N) is 1. The highest BCUT2D eigenvalue weighted by Gasteiger charge is 2.33. The van der Waals surface area contributed by atoms with Gasteiger partial charge in [0, 0.05) is 19.1 Å². The summed E-state index contributed by atoms with van der Waals surface area (Å²) in [7, 11) is 0. The van der Waals surface area contributed by atoms with Crippen molar-refractivity contribution in [1.29, 1.82) is 0 Å². The average Bonchev–Trinajstić information content (AvgIpc) is 2.30. The minimum absolute atomic E-state index is 0.0259. The number of morpholine rings is 1. The van der Waals surface area contributed by atoms with Crippen LogP contribution in [0.15, 0.2) is 0 Å². The van der Waals surface area contributed by atoms with Gasteiger partial charge in [0.25, 0.3) is 0 Å². The molecule has 5 heteroatoms. The molecule has 1 aliphatic heterocycles. The van der Waals surface area contributed by atoms with Gasteiger partial charge in [-0.05, 0) is 12.8 Å². The summed E-state index contributed by atoms with van der Waals surface area (Å²) < 4.78 is 10.3. The number of carbonyl (C=O) groups is 1. The maximum Gasteiger partial charge on any atom is 0.324 e.